The minimum atomic E-state index is 0. The molecule has 26 heavy (non-hydrogen) atoms. The van der Waals surface area contributed by atoms with E-state index in [4.69, 9.17) is 9.47 Å². The molecule has 2 fully saturated rings. The molecule has 0 bridgehead atoms. The molecule has 2 heterocycles. The minimum absolute atomic E-state index is 0. The predicted molar refractivity (Wildman–Crippen MR) is 113 cm³/mol. The normalized spacial score (nSPS) is 22.0. The third-order valence-electron chi connectivity index (χ3n) is 5.23. The summed E-state index contributed by atoms with van der Waals surface area (Å²) >= 11 is 0. The highest BCUT2D eigenvalue weighted by molar-refractivity contribution is 14.0. The van der Waals surface area contributed by atoms with Crippen molar-refractivity contribution in [3.63, 3.8) is 0 Å². The molecule has 1 atom stereocenters. The molecule has 0 spiro atoms. The summed E-state index contributed by atoms with van der Waals surface area (Å²) in [6, 6.07) is 0. The number of morpholine rings is 1. The van der Waals surface area contributed by atoms with Crippen LogP contribution in [-0.2, 0) is 16.5 Å². The monoisotopic (exact) mass is 477 g/mol. The van der Waals surface area contributed by atoms with E-state index in [0.29, 0.717) is 12.0 Å². The number of ether oxygens (including phenoxy) is 2. The molecule has 0 radical (unpaired) electrons. The highest BCUT2D eigenvalue weighted by Crippen LogP contribution is 2.48. The average Bonchev–Trinajstić information content (AvgIpc) is 3.26. The van der Waals surface area contributed by atoms with Gasteiger partial charge in [-0.3, -0.25) is 9.67 Å². The lowest BCUT2D eigenvalue weighted by molar-refractivity contribution is -0.00812. The Morgan fingerprint density at radius 1 is 1.50 bits per heavy atom. The van der Waals surface area contributed by atoms with Gasteiger partial charge in [0.05, 0.1) is 19.3 Å². The van der Waals surface area contributed by atoms with Crippen molar-refractivity contribution in [3.8, 4) is 0 Å². The van der Waals surface area contributed by atoms with Gasteiger partial charge in [-0.05, 0) is 31.6 Å². The fourth-order valence-corrected chi connectivity index (χ4v) is 3.37. The Morgan fingerprint density at radius 3 is 2.92 bits per heavy atom. The van der Waals surface area contributed by atoms with Crippen LogP contribution >= 0.6 is 24.0 Å². The Labute approximate surface area is 173 Å². The van der Waals surface area contributed by atoms with Gasteiger partial charge >= 0.3 is 0 Å². The van der Waals surface area contributed by atoms with E-state index in [2.05, 4.69) is 27.2 Å². The molecule has 1 aliphatic heterocycles. The molecule has 1 aromatic heterocycles. The van der Waals surface area contributed by atoms with Crippen LogP contribution < -0.4 is 5.32 Å². The summed E-state index contributed by atoms with van der Waals surface area (Å²) in [6.07, 6.45) is 7.66. The van der Waals surface area contributed by atoms with Gasteiger partial charge in [-0.25, -0.2) is 0 Å². The molecule has 2 aliphatic rings. The van der Waals surface area contributed by atoms with Crippen LogP contribution in [0.4, 0.5) is 0 Å². The maximum absolute atomic E-state index is 5.93. The lowest BCUT2D eigenvalue weighted by atomic mass is 10.0. The topological polar surface area (TPSA) is 63.9 Å². The van der Waals surface area contributed by atoms with Gasteiger partial charge in [0.15, 0.2) is 5.96 Å². The quantitative estimate of drug-likeness (QED) is 0.283. The van der Waals surface area contributed by atoms with Crippen molar-refractivity contribution in [1.29, 1.82) is 0 Å². The van der Waals surface area contributed by atoms with Gasteiger partial charge in [-0.2, -0.15) is 5.10 Å². The van der Waals surface area contributed by atoms with E-state index in [9.17, 15) is 0 Å². The molecule has 8 heteroatoms. The third-order valence-corrected chi connectivity index (χ3v) is 5.23. The molecular formula is C18H32IN5O2. The highest BCUT2D eigenvalue weighted by Gasteiger charge is 2.42. The molecule has 0 aromatic carbocycles. The molecular weight excluding hydrogens is 445 g/mol. The standard InChI is InChI=1S/C18H31N5O2.HI/c1-4-24-9-7-18(5-6-18)14-20-17(19-2)23-8-10-25-16(13-23)15-11-21-22(3)12-15;/h11-12,16H,4-10,13-14H2,1-3H3,(H,19,20);1H. The van der Waals surface area contributed by atoms with Crippen LogP contribution in [0, 0.1) is 5.41 Å². The van der Waals surface area contributed by atoms with Crippen molar-refractivity contribution < 1.29 is 9.47 Å². The molecule has 0 amide bonds. The van der Waals surface area contributed by atoms with E-state index in [0.717, 1.165) is 50.8 Å². The number of nitrogens with one attached hydrogen (secondary N) is 1. The zero-order chi connectivity index (χ0) is 17.7. The van der Waals surface area contributed by atoms with Crippen molar-refractivity contribution in [2.45, 2.75) is 32.3 Å². The van der Waals surface area contributed by atoms with Crippen LogP contribution in [0.25, 0.3) is 0 Å². The maximum atomic E-state index is 5.93. The van der Waals surface area contributed by atoms with Crippen molar-refractivity contribution in [2.24, 2.45) is 17.5 Å². The van der Waals surface area contributed by atoms with Crippen molar-refractivity contribution in [1.82, 2.24) is 20.0 Å². The fraction of sp³-hybridized carbons (Fsp3) is 0.778. The number of halogens is 1. The first-order valence-corrected chi connectivity index (χ1v) is 9.29. The SMILES string of the molecule is CCOCCC1(CNC(=NC)N2CCOC(c3cnn(C)c3)C2)CC1.I. The molecule has 3 rings (SSSR count). The summed E-state index contributed by atoms with van der Waals surface area (Å²) in [4.78, 5) is 6.79. The van der Waals surface area contributed by atoms with E-state index in [1.807, 2.05) is 31.2 Å². The number of aryl methyl sites for hydroxylation is 1. The fourth-order valence-electron chi connectivity index (χ4n) is 3.37. The maximum Gasteiger partial charge on any atom is 0.193 e. The predicted octanol–water partition coefficient (Wildman–Crippen LogP) is 2.19. The number of hydrogen-bond acceptors (Lipinski definition) is 4. The molecule has 1 N–H and O–H groups in total. The molecule has 148 valence electrons. The molecule has 1 saturated carbocycles. The summed E-state index contributed by atoms with van der Waals surface area (Å²) in [5.41, 5.74) is 1.53. The van der Waals surface area contributed by atoms with Gasteiger partial charge in [0.1, 0.15) is 6.10 Å². The summed E-state index contributed by atoms with van der Waals surface area (Å²) in [6.45, 7) is 7.06. The van der Waals surface area contributed by atoms with Crippen molar-refractivity contribution >= 4 is 29.9 Å². The second-order valence-electron chi connectivity index (χ2n) is 7.10. The summed E-state index contributed by atoms with van der Waals surface area (Å²) in [5, 5.41) is 7.84. The Balaban J connectivity index is 0.00000243. The van der Waals surface area contributed by atoms with E-state index in [1.54, 1.807) is 0 Å². The first kappa shape index (κ1) is 21.4. The lowest BCUT2D eigenvalue weighted by Gasteiger charge is -2.35. The van der Waals surface area contributed by atoms with E-state index in [-0.39, 0.29) is 30.1 Å². The molecule has 7 nitrogen and oxygen atoms in total. The Kier molecular flexibility index (Phi) is 8.15. The number of nitrogens with zero attached hydrogens (tertiary/aromatic N) is 4. The number of rotatable bonds is 7. The van der Waals surface area contributed by atoms with Crippen LogP contribution in [0.15, 0.2) is 17.4 Å². The molecule has 1 unspecified atom stereocenters. The van der Waals surface area contributed by atoms with E-state index >= 15 is 0 Å². The van der Waals surface area contributed by atoms with Crippen LogP contribution in [-0.4, -0.2) is 67.1 Å². The van der Waals surface area contributed by atoms with Gasteiger partial charge in [0.2, 0.25) is 0 Å². The first-order chi connectivity index (χ1) is 12.2. The van der Waals surface area contributed by atoms with Crippen molar-refractivity contribution in [3.05, 3.63) is 18.0 Å². The summed E-state index contributed by atoms with van der Waals surface area (Å²) in [5.74, 6) is 0.972. The molecule has 1 aliphatic carbocycles. The number of hydrogen-bond donors (Lipinski definition) is 1. The Hall–Kier alpha value is -0.870. The third kappa shape index (κ3) is 5.56. The van der Waals surface area contributed by atoms with Gasteiger partial charge in [0.25, 0.3) is 0 Å². The van der Waals surface area contributed by atoms with Gasteiger partial charge in [-0.1, -0.05) is 0 Å². The molecule has 1 saturated heterocycles. The van der Waals surface area contributed by atoms with E-state index in [1.165, 1.54) is 12.8 Å². The minimum Gasteiger partial charge on any atom is -0.382 e. The summed E-state index contributed by atoms with van der Waals surface area (Å²) < 4.78 is 13.3. The Morgan fingerprint density at radius 2 is 2.31 bits per heavy atom. The smallest absolute Gasteiger partial charge is 0.193 e. The van der Waals surface area contributed by atoms with Crippen LogP contribution in [0.2, 0.25) is 0 Å². The second kappa shape index (κ2) is 9.89. The van der Waals surface area contributed by atoms with Gasteiger partial charge in [-0.15, -0.1) is 24.0 Å². The highest BCUT2D eigenvalue weighted by atomic mass is 127. The van der Waals surface area contributed by atoms with Crippen LogP contribution in [0.3, 0.4) is 0 Å². The number of aliphatic imine (C=N–C) groups is 1. The van der Waals surface area contributed by atoms with Crippen molar-refractivity contribution in [2.75, 3.05) is 46.5 Å². The summed E-state index contributed by atoms with van der Waals surface area (Å²) in [7, 11) is 3.79. The van der Waals surface area contributed by atoms with Crippen LogP contribution in [0.1, 0.15) is 37.9 Å². The van der Waals surface area contributed by atoms with E-state index < -0.39 is 0 Å². The van der Waals surface area contributed by atoms with Gasteiger partial charge in [0, 0.05) is 52.2 Å². The lowest BCUT2D eigenvalue weighted by Crippen LogP contribution is -2.49. The van der Waals surface area contributed by atoms with Crippen LogP contribution in [0.5, 0.6) is 0 Å². The average molecular weight is 477 g/mol. The number of aromatic nitrogens is 2. The van der Waals surface area contributed by atoms with Gasteiger partial charge < -0.3 is 19.7 Å². The largest absolute Gasteiger partial charge is 0.382 e. The first-order valence-electron chi connectivity index (χ1n) is 9.29. The second-order valence-corrected chi connectivity index (χ2v) is 7.10. The zero-order valence-corrected chi connectivity index (χ0v) is 18.4. The Bertz CT molecular complexity index is 588. The molecule has 1 aromatic rings. The zero-order valence-electron chi connectivity index (χ0n) is 16.1. The number of guanidine groups is 1.